The SMILES string of the molecule is Cc1ccc2nc(C(C)(C)C)oc2c1-c1n(-c2ccc(-c3ccccc3)cc2)c2ccccc2[n+]1C. The zero-order valence-corrected chi connectivity index (χ0v) is 21.4. The molecule has 0 unspecified atom stereocenters. The van der Waals surface area contributed by atoms with Crippen molar-refractivity contribution in [2.24, 2.45) is 7.05 Å². The van der Waals surface area contributed by atoms with Crippen molar-refractivity contribution in [3.63, 3.8) is 0 Å². The van der Waals surface area contributed by atoms with Gasteiger partial charge in [-0.2, -0.15) is 4.57 Å². The lowest BCUT2D eigenvalue weighted by atomic mass is 9.97. The third-order valence-electron chi connectivity index (χ3n) is 6.88. The van der Waals surface area contributed by atoms with Gasteiger partial charge < -0.3 is 4.42 Å². The highest BCUT2D eigenvalue weighted by Crippen LogP contribution is 2.37. The highest BCUT2D eigenvalue weighted by molar-refractivity contribution is 5.92. The van der Waals surface area contributed by atoms with Crippen LogP contribution in [0.4, 0.5) is 0 Å². The van der Waals surface area contributed by atoms with E-state index in [1.807, 2.05) is 6.07 Å². The number of nitrogens with zero attached hydrogens (tertiary/aromatic N) is 3. The van der Waals surface area contributed by atoms with Crippen molar-refractivity contribution in [3.8, 4) is 28.2 Å². The summed E-state index contributed by atoms with van der Waals surface area (Å²) >= 11 is 0. The van der Waals surface area contributed by atoms with E-state index in [-0.39, 0.29) is 5.41 Å². The van der Waals surface area contributed by atoms with E-state index < -0.39 is 0 Å². The molecule has 0 amide bonds. The van der Waals surface area contributed by atoms with Gasteiger partial charge in [0.1, 0.15) is 16.8 Å². The Morgan fingerprint density at radius 3 is 2.17 bits per heavy atom. The van der Waals surface area contributed by atoms with Crippen molar-refractivity contribution in [2.75, 3.05) is 0 Å². The standard InChI is InChI=1S/C32H30N3O/c1-21-15-20-25-29(36-31(33-25)32(2,3)4)28(21)30-34(5)26-13-9-10-14-27(26)35(30)24-18-16-23(17-19-24)22-11-7-6-8-12-22/h6-20H,1-5H3/q+1. The van der Waals surface area contributed by atoms with Crippen molar-refractivity contribution >= 4 is 22.1 Å². The lowest BCUT2D eigenvalue weighted by Crippen LogP contribution is -2.30. The summed E-state index contributed by atoms with van der Waals surface area (Å²) < 4.78 is 11.1. The van der Waals surface area contributed by atoms with Gasteiger partial charge in [0.2, 0.25) is 5.89 Å². The number of aromatic nitrogens is 3. The number of rotatable bonds is 3. The normalized spacial score (nSPS) is 12.0. The molecule has 4 heteroatoms. The number of para-hydroxylation sites is 2. The molecule has 0 N–H and O–H groups in total. The first-order chi connectivity index (χ1) is 17.3. The highest BCUT2D eigenvalue weighted by Gasteiger charge is 2.31. The maximum Gasteiger partial charge on any atom is 0.299 e. The molecule has 0 aliphatic carbocycles. The molecule has 0 radical (unpaired) electrons. The lowest BCUT2D eigenvalue weighted by molar-refractivity contribution is -0.633. The number of fused-ring (bicyclic) bond motifs is 2. The number of aryl methyl sites for hydroxylation is 2. The molecule has 2 heterocycles. The van der Waals surface area contributed by atoms with Gasteiger partial charge in [0, 0.05) is 5.41 Å². The lowest BCUT2D eigenvalue weighted by Gasteiger charge is -2.12. The molecular weight excluding hydrogens is 442 g/mol. The minimum absolute atomic E-state index is 0.174. The van der Waals surface area contributed by atoms with Gasteiger partial charge in [-0.05, 0) is 53.9 Å². The summed E-state index contributed by atoms with van der Waals surface area (Å²) in [5.41, 5.74) is 9.59. The fraction of sp³-hybridized carbons (Fsp3) is 0.188. The predicted octanol–water partition coefficient (Wildman–Crippen LogP) is 7.54. The zero-order valence-electron chi connectivity index (χ0n) is 21.4. The number of hydrogen-bond donors (Lipinski definition) is 0. The summed E-state index contributed by atoms with van der Waals surface area (Å²) in [7, 11) is 2.13. The minimum atomic E-state index is -0.174. The van der Waals surface area contributed by atoms with Crippen molar-refractivity contribution in [3.05, 3.63) is 102 Å². The van der Waals surface area contributed by atoms with Crippen LogP contribution in [0.5, 0.6) is 0 Å². The Morgan fingerprint density at radius 1 is 0.778 bits per heavy atom. The molecule has 6 aromatic rings. The van der Waals surface area contributed by atoms with E-state index in [2.05, 4.69) is 129 Å². The molecule has 2 aromatic heterocycles. The van der Waals surface area contributed by atoms with Crippen LogP contribution in [0.2, 0.25) is 0 Å². The number of hydrogen-bond acceptors (Lipinski definition) is 2. The van der Waals surface area contributed by atoms with Gasteiger partial charge in [-0.1, -0.05) is 81.4 Å². The third-order valence-corrected chi connectivity index (χ3v) is 6.88. The average molecular weight is 473 g/mol. The maximum absolute atomic E-state index is 6.48. The first-order valence-electron chi connectivity index (χ1n) is 12.4. The smallest absolute Gasteiger partial charge is 0.299 e. The van der Waals surface area contributed by atoms with E-state index in [0.29, 0.717) is 0 Å². The second-order valence-corrected chi connectivity index (χ2v) is 10.5. The molecule has 0 spiro atoms. The molecule has 178 valence electrons. The number of oxazole rings is 1. The number of imidazole rings is 1. The molecule has 4 aromatic carbocycles. The summed E-state index contributed by atoms with van der Waals surface area (Å²) in [6.45, 7) is 8.55. The summed E-state index contributed by atoms with van der Waals surface area (Å²) in [5.74, 6) is 1.82. The van der Waals surface area contributed by atoms with Crippen molar-refractivity contribution < 1.29 is 8.98 Å². The third kappa shape index (κ3) is 3.53. The zero-order chi connectivity index (χ0) is 25.0. The van der Waals surface area contributed by atoms with Crippen LogP contribution in [0.1, 0.15) is 32.2 Å². The van der Waals surface area contributed by atoms with Crippen molar-refractivity contribution in [1.82, 2.24) is 9.55 Å². The van der Waals surface area contributed by atoms with E-state index in [1.54, 1.807) is 0 Å². The number of benzene rings is 4. The van der Waals surface area contributed by atoms with E-state index >= 15 is 0 Å². The molecule has 0 bridgehead atoms. The average Bonchev–Trinajstić information content (AvgIpc) is 3.45. The second-order valence-electron chi connectivity index (χ2n) is 10.5. The van der Waals surface area contributed by atoms with Crippen LogP contribution in [0.3, 0.4) is 0 Å². The van der Waals surface area contributed by atoms with E-state index in [1.165, 1.54) is 11.1 Å². The molecule has 4 nitrogen and oxygen atoms in total. The van der Waals surface area contributed by atoms with Crippen molar-refractivity contribution in [1.29, 1.82) is 0 Å². The molecule has 0 aliphatic rings. The first-order valence-corrected chi connectivity index (χ1v) is 12.4. The Balaban J connectivity index is 1.64. The van der Waals surface area contributed by atoms with Gasteiger partial charge in [0.15, 0.2) is 16.6 Å². The summed E-state index contributed by atoms with van der Waals surface area (Å²) in [4.78, 5) is 4.86. The fourth-order valence-corrected chi connectivity index (χ4v) is 4.98. The summed E-state index contributed by atoms with van der Waals surface area (Å²) in [6.07, 6.45) is 0. The van der Waals surface area contributed by atoms with Crippen LogP contribution in [0, 0.1) is 6.92 Å². The molecule has 0 saturated carbocycles. The van der Waals surface area contributed by atoms with Gasteiger partial charge >= 0.3 is 0 Å². The highest BCUT2D eigenvalue weighted by atomic mass is 16.3. The predicted molar refractivity (Wildman–Crippen MR) is 146 cm³/mol. The van der Waals surface area contributed by atoms with Gasteiger partial charge in [0.25, 0.3) is 5.82 Å². The Bertz CT molecular complexity index is 1720. The molecule has 0 saturated heterocycles. The van der Waals surface area contributed by atoms with Gasteiger partial charge in [-0.15, -0.1) is 0 Å². The monoisotopic (exact) mass is 472 g/mol. The topological polar surface area (TPSA) is 34.8 Å². The van der Waals surface area contributed by atoms with Crippen LogP contribution in [0.15, 0.2) is 95.4 Å². The summed E-state index contributed by atoms with van der Waals surface area (Å²) in [5, 5.41) is 0. The van der Waals surface area contributed by atoms with Crippen LogP contribution >= 0.6 is 0 Å². The quantitative estimate of drug-likeness (QED) is 0.249. The van der Waals surface area contributed by atoms with Gasteiger partial charge in [-0.25, -0.2) is 9.55 Å². The van der Waals surface area contributed by atoms with Crippen LogP contribution in [-0.4, -0.2) is 9.55 Å². The molecule has 0 aliphatic heterocycles. The van der Waals surface area contributed by atoms with E-state index in [0.717, 1.165) is 50.7 Å². The Kier molecular flexibility index (Phi) is 5.08. The van der Waals surface area contributed by atoms with Crippen LogP contribution in [0.25, 0.3) is 50.3 Å². The first kappa shape index (κ1) is 22.3. The minimum Gasteiger partial charge on any atom is -0.439 e. The van der Waals surface area contributed by atoms with E-state index in [9.17, 15) is 0 Å². The largest absolute Gasteiger partial charge is 0.439 e. The molecule has 36 heavy (non-hydrogen) atoms. The molecular formula is C32H30N3O+. The van der Waals surface area contributed by atoms with Crippen molar-refractivity contribution in [2.45, 2.75) is 33.1 Å². The second kappa shape index (κ2) is 8.20. The maximum atomic E-state index is 6.48. The summed E-state index contributed by atoms with van der Waals surface area (Å²) in [6, 6.07) is 32.0. The molecule has 6 rings (SSSR count). The fourth-order valence-electron chi connectivity index (χ4n) is 4.98. The van der Waals surface area contributed by atoms with Crippen LogP contribution in [-0.2, 0) is 12.5 Å². The van der Waals surface area contributed by atoms with Gasteiger partial charge in [0.05, 0.1) is 7.05 Å². The Labute approximate surface area is 211 Å². The van der Waals surface area contributed by atoms with Crippen LogP contribution < -0.4 is 4.57 Å². The Morgan fingerprint density at radius 2 is 1.44 bits per heavy atom. The van der Waals surface area contributed by atoms with Gasteiger partial charge in [-0.3, -0.25) is 0 Å². The molecule has 0 fully saturated rings. The van der Waals surface area contributed by atoms with E-state index in [4.69, 9.17) is 9.40 Å². The molecule has 0 atom stereocenters. The Hall–Kier alpha value is -4.18.